The maximum absolute atomic E-state index is 13.3. The number of nitrogens with zero attached hydrogens (tertiary/aromatic N) is 1. The summed E-state index contributed by atoms with van der Waals surface area (Å²) in [5.41, 5.74) is 6.08. The third kappa shape index (κ3) is 1.79. The highest BCUT2D eigenvalue weighted by molar-refractivity contribution is 5.87. The van der Waals surface area contributed by atoms with Gasteiger partial charge in [-0.2, -0.15) is 0 Å². The van der Waals surface area contributed by atoms with Crippen LogP contribution < -0.4 is 5.73 Å². The molecule has 0 saturated carbocycles. The van der Waals surface area contributed by atoms with Crippen LogP contribution in [0, 0.1) is 5.82 Å². The molecule has 0 aliphatic carbocycles. The lowest BCUT2D eigenvalue weighted by Gasteiger charge is -2.03. The van der Waals surface area contributed by atoms with Gasteiger partial charge in [0, 0.05) is 11.6 Å². The van der Waals surface area contributed by atoms with Crippen LogP contribution in [0.15, 0.2) is 30.5 Å². The van der Waals surface area contributed by atoms with Crippen molar-refractivity contribution >= 4 is 16.8 Å². The van der Waals surface area contributed by atoms with Crippen molar-refractivity contribution in [2.24, 2.45) is 5.73 Å². The third-order valence-corrected chi connectivity index (χ3v) is 2.18. The van der Waals surface area contributed by atoms with Crippen LogP contribution in [0.5, 0.6) is 0 Å². The summed E-state index contributed by atoms with van der Waals surface area (Å²) in [5.74, 6) is -0.828. The molecule has 3 nitrogen and oxygen atoms in total. The van der Waals surface area contributed by atoms with Gasteiger partial charge in [-0.05, 0) is 17.7 Å². The fourth-order valence-corrected chi connectivity index (χ4v) is 1.54. The van der Waals surface area contributed by atoms with E-state index in [-0.39, 0.29) is 17.8 Å². The molecule has 0 atom stereocenters. The van der Waals surface area contributed by atoms with E-state index < -0.39 is 5.91 Å². The van der Waals surface area contributed by atoms with Crippen molar-refractivity contribution in [3.63, 3.8) is 0 Å². The lowest BCUT2D eigenvalue weighted by molar-refractivity contribution is -0.117. The molecule has 0 aliphatic heterocycles. The Morgan fingerprint density at radius 1 is 1.40 bits per heavy atom. The molecule has 0 unspecified atom stereocenters. The van der Waals surface area contributed by atoms with Crippen molar-refractivity contribution in [2.45, 2.75) is 6.42 Å². The highest BCUT2D eigenvalue weighted by Gasteiger charge is 2.07. The maximum atomic E-state index is 13.3. The molecule has 4 heteroatoms. The SMILES string of the molecule is NC(=O)Cc1ccnc2c(F)cccc12. The molecule has 2 aromatic rings. The second kappa shape index (κ2) is 3.65. The van der Waals surface area contributed by atoms with Crippen LogP contribution in [0.4, 0.5) is 4.39 Å². The largest absolute Gasteiger partial charge is 0.369 e. The predicted molar refractivity (Wildman–Crippen MR) is 54.6 cm³/mol. The smallest absolute Gasteiger partial charge is 0.221 e. The summed E-state index contributed by atoms with van der Waals surface area (Å²) < 4.78 is 13.3. The number of hydrogen-bond donors (Lipinski definition) is 1. The van der Waals surface area contributed by atoms with E-state index in [1.54, 1.807) is 18.2 Å². The Bertz CT molecular complexity index is 525. The van der Waals surface area contributed by atoms with Crippen LogP contribution in [-0.4, -0.2) is 10.9 Å². The van der Waals surface area contributed by atoms with Crippen molar-refractivity contribution in [3.05, 3.63) is 41.8 Å². The lowest BCUT2D eigenvalue weighted by Crippen LogP contribution is -2.14. The molecule has 0 radical (unpaired) electrons. The average Bonchev–Trinajstić information content (AvgIpc) is 2.19. The number of fused-ring (bicyclic) bond motifs is 1. The minimum absolute atomic E-state index is 0.0997. The van der Waals surface area contributed by atoms with E-state index in [4.69, 9.17) is 5.73 Å². The molecule has 1 heterocycles. The number of halogens is 1. The number of aromatic nitrogens is 1. The molecule has 2 rings (SSSR count). The fraction of sp³-hybridized carbons (Fsp3) is 0.0909. The lowest BCUT2D eigenvalue weighted by atomic mass is 10.1. The first-order valence-electron chi connectivity index (χ1n) is 4.49. The molecule has 15 heavy (non-hydrogen) atoms. The standard InChI is InChI=1S/C11H9FN2O/c12-9-3-1-2-8-7(6-10(13)15)4-5-14-11(8)9/h1-5H,6H2,(H2,13,15). The van der Waals surface area contributed by atoms with Gasteiger partial charge in [0.15, 0.2) is 0 Å². The number of carbonyl (C=O) groups is 1. The van der Waals surface area contributed by atoms with Gasteiger partial charge in [-0.3, -0.25) is 9.78 Å². The maximum Gasteiger partial charge on any atom is 0.221 e. The van der Waals surface area contributed by atoms with Gasteiger partial charge >= 0.3 is 0 Å². The van der Waals surface area contributed by atoms with Crippen LogP contribution in [0.2, 0.25) is 0 Å². The van der Waals surface area contributed by atoms with Crippen LogP contribution in [0.3, 0.4) is 0 Å². The molecule has 0 saturated heterocycles. The topological polar surface area (TPSA) is 56.0 Å². The molecular formula is C11H9FN2O. The minimum Gasteiger partial charge on any atom is -0.369 e. The summed E-state index contributed by atoms with van der Waals surface area (Å²) >= 11 is 0. The molecule has 0 fully saturated rings. The van der Waals surface area contributed by atoms with E-state index in [1.807, 2.05) is 0 Å². The van der Waals surface area contributed by atoms with Crippen LogP contribution in [0.25, 0.3) is 10.9 Å². The molecule has 2 N–H and O–H groups in total. The Morgan fingerprint density at radius 3 is 2.93 bits per heavy atom. The van der Waals surface area contributed by atoms with Crippen LogP contribution in [0.1, 0.15) is 5.56 Å². The number of benzene rings is 1. The number of rotatable bonds is 2. The van der Waals surface area contributed by atoms with Gasteiger partial charge in [0.05, 0.1) is 6.42 Å². The number of carbonyl (C=O) groups excluding carboxylic acids is 1. The van der Waals surface area contributed by atoms with Crippen molar-refractivity contribution in [2.75, 3.05) is 0 Å². The zero-order valence-electron chi connectivity index (χ0n) is 7.90. The minimum atomic E-state index is -0.438. The van der Waals surface area contributed by atoms with Crippen molar-refractivity contribution in [1.29, 1.82) is 0 Å². The summed E-state index contributed by atoms with van der Waals surface area (Å²) in [6, 6.07) is 6.32. The summed E-state index contributed by atoms with van der Waals surface area (Å²) in [6.45, 7) is 0. The number of nitrogens with two attached hydrogens (primary N) is 1. The van der Waals surface area contributed by atoms with E-state index in [0.717, 1.165) is 0 Å². The van der Waals surface area contributed by atoms with E-state index in [1.165, 1.54) is 12.3 Å². The Kier molecular flexibility index (Phi) is 2.33. The zero-order valence-corrected chi connectivity index (χ0v) is 7.90. The first-order valence-corrected chi connectivity index (χ1v) is 4.49. The van der Waals surface area contributed by atoms with E-state index in [2.05, 4.69) is 4.98 Å². The number of amides is 1. The predicted octanol–water partition coefficient (Wildman–Crippen LogP) is 1.40. The van der Waals surface area contributed by atoms with Gasteiger partial charge in [0.1, 0.15) is 11.3 Å². The van der Waals surface area contributed by atoms with E-state index in [9.17, 15) is 9.18 Å². The molecule has 0 bridgehead atoms. The summed E-state index contributed by atoms with van der Waals surface area (Å²) in [5, 5.41) is 0.635. The van der Waals surface area contributed by atoms with E-state index >= 15 is 0 Å². The number of para-hydroxylation sites is 1. The van der Waals surface area contributed by atoms with Gasteiger partial charge < -0.3 is 5.73 Å². The normalized spacial score (nSPS) is 10.5. The molecule has 76 valence electrons. The Balaban J connectivity index is 2.65. The van der Waals surface area contributed by atoms with Crippen LogP contribution >= 0.6 is 0 Å². The number of hydrogen-bond acceptors (Lipinski definition) is 2. The second-order valence-corrected chi connectivity index (χ2v) is 3.25. The Hall–Kier alpha value is -1.97. The van der Waals surface area contributed by atoms with E-state index in [0.29, 0.717) is 10.9 Å². The molecular weight excluding hydrogens is 195 g/mol. The molecule has 0 aliphatic rings. The average molecular weight is 204 g/mol. The van der Waals surface area contributed by atoms with Crippen molar-refractivity contribution < 1.29 is 9.18 Å². The van der Waals surface area contributed by atoms with Gasteiger partial charge in [0.25, 0.3) is 0 Å². The number of primary amides is 1. The van der Waals surface area contributed by atoms with Gasteiger partial charge in [-0.25, -0.2) is 4.39 Å². The highest BCUT2D eigenvalue weighted by atomic mass is 19.1. The first-order chi connectivity index (χ1) is 7.18. The van der Waals surface area contributed by atoms with Gasteiger partial charge in [-0.1, -0.05) is 12.1 Å². The summed E-state index contributed by atoms with van der Waals surface area (Å²) in [6.07, 6.45) is 1.58. The Morgan fingerprint density at radius 2 is 2.20 bits per heavy atom. The molecule has 1 aromatic heterocycles. The zero-order chi connectivity index (χ0) is 10.8. The number of pyridine rings is 1. The monoisotopic (exact) mass is 204 g/mol. The summed E-state index contributed by atoms with van der Waals surface area (Å²) in [4.78, 5) is 14.7. The second-order valence-electron chi connectivity index (χ2n) is 3.25. The van der Waals surface area contributed by atoms with Crippen molar-refractivity contribution in [3.8, 4) is 0 Å². The summed E-state index contributed by atoms with van der Waals surface area (Å²) in [7, 11) is 0. The van der Waals surface area contributed by atoms with Gasteiger partial charge in [0.2, 0.25) is 5.91 Å². The first kappa shape index (κ1) is 9.58. The van der Waals surface area contributed by atoms with Crippen LogP contribution in [-0.2, 0) is 11.2 Å². The molecule has 1 aromatic carbocycles. The Labute approximate surface area is 85.7 Å². The quantitative estimate of drug-likeness (QED) is 0.803. The molecule has 1 amide bonds. The fourth-order valence-electron chi connectivity index (χ4n) is 1.54. The third-order valence-electron chi connectivity index (χ3n) is 2.18. The van der Waals surface area contributed by atoms with Gasteiger partial charge in [-0.15, -0.1) is 0 Å². The highest BCUT2D eigenvalue weighted by Crippen LogP contribution is 2.19. The van der Waals surface area contributed by atoms with Crippen molar-refractivity contribution in [1.82, 2.24) is 4.98 Å². The molecule has 0 spiro atoms.